The first-order valence-corrected chi connectivity index (χ1v) is 20.0. The van der Waals surface area contributed by atoms with Gasteiger partial charge in [-0.25, -0.2) is 14.6 Å². The van der Waals surface area contributed by atoms with Gasteiger partial charge < -0.3 is 41.4 Å². The SMILES string of the molecule is CCCCNC(=O)NCC[C@@H](C[C@H](O)[C@H](CC1CCCCC1)NC(=O)[C@H](Cc1cnc[nH]1)NC(=O)[C@H](Cc1ccccc1)NC(=O)OC(C)(C)C)C(C)C. The molecule has 1 aromatic heterocycles. The van der Waals surface area contributed by atoms with Crippen molar-refractivity contribution in [2.75, 3.05) is 13.1 Å². The Morgan fingerprint density at radius 3 is 2.22 bits per heavy atom. The summed E-state index contributed by atoms with van der Waals surface area (Å²) < 4.78 is 5.47. The highest BCUT2D eigenvalue weighted by Gasteiger charge is 2.33. The highest BCUT2D eigenvalue weighted by Crippen LogP contribution is 2.30. The Balaban J connectivity index is 1.80. The molecule has 0 spiro atoms. The smallest absolute Gasteiger partial charge is 0.408 e. The van der Waals surface area contributed by atoms with Gasteiger partial charge >= 0.3 is 12.1 Å². The highest BCUT2D eigenvalue weighted by atomic mass is 16.6. The van der Waals surface area contributed by atoms with E-state index in [9.17, 15) is 24.3 Å². The van der Waals surface area contributed by atoms with Crippen LogP contribution in [-0.2, 0) is 27.2 Å². The number of carbonyl (C=O) groups is 4. The van der Waals surface area contributed by atoms with E-state index < -0.39 is 47.7 Å². The third kappa shape index (κ3) is 16.9. The number of aliphatic hydroxyl groups is 1. The molecule has 1 aromatic carbocycles. The first-order chi connectivity index (χ1) is 25.7. The molecule has 13 nitrogen and oxygen atoms in total. The molecule has 0 radical (unpaired) electrons. The second kappa shape index (κ2) is 22.9. The third-order valence-corrected chi connectivity index (χ3v) is 10.1. The van der Waals surface area contributed by atoms with Crippen LogP contribution in [0.15, 0.2) is 42.9 Å². The van der Waals surface area contributed by atoms with Crippen molar-refractivity contribution in [3.8, 4) is 0 Å². The number of amides is 5. The van der Waals surface area contributed by atoms with Gasteiger partial charge in [-0.3, -0.25) is 9.59 Å². The number of aliphatic hydroxyl groups excluding tert-OH is 1. The Morgan fingerprint density at radius 1 is 0.926 bits per heavy atom. The number of benzene rings is 1. The number of H-pyrrole nitrogens is 1. The van der Waals surface area contributed by atoms with E-state index in [-0.39, 0.29) is 30.7 Å². The summed E-state index contributed by atoms with van der Waals surface area (Å²) in [6.07, 6.45) is 11.0. The lowest BCUT2D eigenvalue weighted by Crippen LogP contribution is -2.57. The van der Waals surface area contributed by atoms with Crippen LogP contribution < -0.4 is 26.6 Å². The molecule has 0 bridgehead atoms. The molecule has 1 aliphatic rings. The van der Waals surface area contributed by atoms with Crippen molar-refractivity contribution < 1.29 is 29.0 Å². The van der Waals surface area contributed by atoms with Crippen LogP contribution in [0.5, 0.6) is 0 Å². The van der Waals surface area contributed by atoms with Gasteiger partial charge in [0, 0.05) is 37.8 Å². The van der Waals surface area contributed by atoms with Gasteiger partial charge in [0.25, 0.3) is 0 Å². The van der Waals surface area contributed by atoms with Crippen LogP contribution >= 0.6 is 0 Å². The Hall–Kier alpha value is -4.13. The number of nitrogens with zero attached hydrogens (tertiary/aromatic N) is 1. The summed E-state index contributed by atoms with van der Waals surface area (Å²) in [5.41, 5.74) is 0.694. The fourth-order valence-corrected chi connectivity index (χ4v) is 6.99. The Labute approximate surface area is 322 Å². The van der Waals surface area contributed by atoms with Crippen LogP contribution in [0.1, 0.15) is 117 Å². The lowest BCUT2D eigenvalue weighted by Gasteiger charge is -2.34. The van der Waals surface area contributed by atoms with Crippen molar-refractivity contribution in [3.63, 3.8) is 0 Å². The van der Waals surface area contributed by atoms with Crippen molar-refractivity contribution >= 4 is 23.9 Å². The monoisotopic (exact) mass is 754 g/mol. The van der Waals surface area contributed by atoms with E-state index >= 15 is 0 Å². The molecule has 1 heterocycles. The molecule has 1 saturated carbocycles. The number of carbonyl (C=O) groups excluding carboxylic acids is 4. The summed E-state index contributed by atoms with van der Waals surface area (Å²) in [6.45, 7) is 12.6. The van der Waals surface area contributed by atoms with Gasteiger partial charge in [0.05, 0.1) is 18.5 Å². The lowest BCUT2D eigenvalue weighted by molar-refractivity contribution is -0.131. The number of unbranched alkanes of at least 4 members (excludes halogenated alkanes) is 1. The second-order valence-electron chi connectivity index (χ2n) is 16.2. The van der Waals surface area contributed by atoms with Gasteiger partial charge in [-0.2, -0.15) is 0 Å². The zero-order chi connectivity index (χ0) is 39.5. The predicted octanol–water partition coefficient (Wildman–Crippen LogP) is 5.54. The molecule has 7 N–H and O–H groups in total. The zero-order valence-corrected chi connectivity index (χ0v) is 33.4. The van der Waals surface area contributed by atoms with E-state index in [0.717, 1.165) is 44.1 Å². The number of rotatable bonds is 21. The van der Waals surface area contributed by atoms with Gasteiger partial charge in [0.15, 0.2) is 0 Å². The van der Waals surface area contributed by atoms with Crippen molar-refractivity contribution in [1.82, 2.24) is 36.6 Å². The minimum atomic E-state index is -1.03. The fourth-order valence-electron chi connectivity index (χ4n) is 6.99. The van der Waals surface area contributed by atoms with E-state index in [1.807, 2.05) is 30.3 Å². The average Bonchev–Trinajstić information content (AvgIpc) is 3.63. The summed E-state index contributed by atoms with van der Waals surface area (Å²) in [5.74, 6) is -0.277. The minimum Gasteiger partial charge on any atom is -0.444 e. The molecule has 0 aliphatic heterocycles. The standard InChI is InChI=1S/C41H67N7O6/c1-7-8-20-43-39(52)44-21-19-31(28(2)3)24-36(49)33(22-29-15-11-9-12-16-29)46-38(51)35(25-32-26-42-27-45-32)47-37(50)34(23-30-17-13-10-14-18-30)48-40(53)54-41(4,5)6/h10,13-14,17-18,26-29,31,33-36,49H,7-9,11-12,15-16,19-25H2,1-6H3,(H,42,45)(H,46,51)(H,47,50)(H,48,53)(H2,43,44,52)/t31-,33-,34-,35-,36-/m0/s1. The lowest BCUT2D eigenvalue weighted by atomic mass is 9.80. The molecule has 0 saturated heterocycles. The van der Waals surface area contributed by atoms with Crippen LogP contribution in [0.25, 0.3) is 0 Å². The Morgan fingerprint density at radius 2 is 1.59 bits per heavy atom. The number of aromatic nitrogens is 2. The second-order valence-corrected chi connectivity index (χ2v) is 16.2. The van der Waals surface area contributed by atoms with Gasteiger partial charge in [0.2, 0.25) is 11.8 Å². The summed E-state index contributed by atoms with van der Waals surface area (Å²) in [4.78, 5) is 60.6. The quantitative estimate of drug-likeness (QED) is 0.0816. The molecule has 1 aliphatic carbocycles. The fraction of sp³-hybridized carbons (Fsp3) is 0.683. The van der Waals surface area contributed by atoms with Crippen molar-refractivity contribution in [1.29, 1.82) is 0 Å². The molecule has 5 amide bonds. The minimum absolute atomic E-state index is 0.0971. The van der Waals surface area contributed by atoms with E-state index in [2.05, 4.69) is 57.3 Å². The third-order valence-electron chi connectivity index (χ3n) is 10.1. The number of ether oxygens (including phenoxy) is 1. The summed E-state index contributed by atoms with van der Waals surface area (Å²) >= 11 is 0. The van der Waals surface area contributed by atoms with Crippen molar-refractivity contribution in [2.24, 2.45) is 17.8 Å². The maximum atomic E-state index is 14.3. The largest absolute Gasteiger partial charge is 0.444 e. The number of hydrogen-bond acceptors (Lipinski definition) is 7. The van der Waals surface area contributed by atoms with Gasteiger partial charge in [-0.1, -0.05) is 89.6 Å². The van der Waals surface area contributed by atoms with E-state index in [1.54, 1.807) is 27.0 Å². The van der Waals surface area contributed by atoms with E-state index in [1.165, 1.54) is 12.7 Å². The Bertz CT molecular complexity index is 1390. The molecule has 2 aromatic rings. The molecular formula is C41H67N7O6. The van der Waals surface area contributed by atoms with Crippen LogP contribution in [-0.4, -0.2) is 81.9 Å². The maximum absolute atomic E-state index is 14.3. The van der Waals surface area contributed by atoms with Gasteiger partial charge in [-0.15, -0.1) is 0 Å². The normalized spacial score (nSPS) is 16.4. The number of alkyl carbamates (subject to hydrolysis) is 1. The number of imidazole rings is 1. The highest BCUT2D eigenvalue weighted by molar-refractivity contribution is 5.91. The summed E-state index contributed by atoms with van der Waals surface area (Å²) in [7, 11) is 0. The molecule has 1 fully saturated rings. The van der Waals surface area contributed by atoms with Gasteiger partial charge in [-0.05, 0) is 69.8 Å². The first-order valence-electron chi connectivity index (χ1n) is 20.0. The van der Waals surface area contributed by atoms with Crippen LogP contribution in [0.4, 0.5) is 9.59 Å². The summed E-state index contributed by atoms with van der Waals surface area (Å²) in [6, 6.07) is 6.52. The van der Waals surface area contributed by atoms with Crippen molar-refractivity contribution in [3.05, 3.63) is 54.1 Å². The first kappa shape index (κ1) is 44.3. The molecule has 302 valence electrons. The van der Waals surface area contributed by atoms with E-state index in [4.69, 9.17) is 4.74 Å². The summed E-state index contributed by atoms with van der Waals surface area (Å²) in [5, 5.41) is 26.5. The number of urea groups is 1. The number of nitrogens with one attached hydrogen (secondary N) is 6. The zero-order valence-electron chi connectivity index (χ0n) is 33.4. The number of aromatic amines is 1. The molecule has 13 heteroatoms. The van der Waals surface area contributed by atoms with Crippen LogP contribution in [0.2, 0.25) is 0 Å². The topological polar surface area (TPSA) is 187 Å². The molecular weight excluding hydrogens is 686 g/mol. The van der Waals surface area contributed by atoms with Crippen LogP contribution in [0.3, 0.4) is 0 Å². The molecule has 54 heavy (non-hydrogen) atoms. The maximum Gasteiger partial charge on any atom is 0.408 e. The molecule has 3 rings (SSSR count). The van der Waals surface area contributed by atoms with Crippen LogP contribution in [0, 0.1) is 17.8 Å². The van der Waals surface area contributed by atoms with E-state index in [0.29, 0.717) is 44.0 Å². The number of hydrogen-bond donors (Lipinski definition) is 7. The van der Waals surface area contributed by atoms with Gasteiger partial charge in [0.1, 0.15) is 17.7 Å². The molecule has 0 unspecified atom stereocenters. The van der Waals surface area contributed by atoms with Crippen molar-refractivity contribution in [2.45, 2.75) is 148 Å². The average molecular weight is 754 g/mol. The Kier molecular flexibility index (Phi) is 18.8. The molecule has 5 atom stereocenters. The predicted molar refractivity (Wildman–Crippen MR) is 211 cm³/mol.